The smallest absolute Gasteiger partial charge is 0.268 e. The SMILES string of the molecule is C[C@H]1Oc2nc(Br)c(Cl)cc2N(Cc2ccccc2)C1=O. The summed E-state index contributed by atoms with van der Waals surface area (Å²) in [6.07, 6.45) is -0.568. The molecule has 0 radical (unpaired) electrons. The summed E-state index contributed by atoms with van der Waals surface area (Å²) in [5, 5.41) is 0.442. The van der Waals surface area contributed by atoms with Crippen molar-refractivity contribution in [3.05, 3.63) is 51.6 Å². The average molecular weight is 368 g/mol. The summed E-state index contributed by atoms with van der Waals surface area (Å²) in [7, 11) is 0. The molecule has 0 spiro atoms. The fraction of sp³-hybridized carbons (Fsp3) is 0.200. The Morgan fingerprint density at radius 3 is 2.81 bits per heavy atom. The molecule has 4 nitrogen and oxygen atoms in total. The normalized spacial score (nSPS) is 17.4. The van der Waals surface area contributed by atoms with Crippen LogP contribution in [0.5, 0.6) is 5.88 Å². The van der Waals surface area contributed by atoms with Crippen LogP contribution in [-0.4, -0.2) is 17.0 Å². The number of carbonyl (C=O) groups is 1. The molecule has 3 rings (SSSR count). The summed E-state index contributed by atoms with van der Waals surface area (Å²) in [5.74, 6) is 0.306. The fourth-order valence-corrected chi connectivity index (χ4v) is 2.63. The number of carbonyl (C=O) groups excluding carboxylic acids is 1. The van der Waals surface area contributed by atoms with Crippen LogP contribution in [0.15, 0.2) is 41.0 Å². The van der Waals surface area contributed by atoms with Gasteiger partial charge in [0, 0.05) is 0 Å². The van der Waals surface area contributed by atoms with Crippen molar-refractivity contribution in [1.29, 1.82) is 0 Å². The first-order valence-electron chi connectivity index (χ1n) is 6.44. The molecular formula is C15H12BrClN2O2. The number of halogens is 2. The number of pyridine rings is 1. The van der Waals surface area contributed by atoms with E-state index in [0.29, 0.717) is 27.7 Å². The van der Waals surface area contributed by atoms with Crippen LogP contribution < -0.4 is 9.64 Å². The number of ether oxygens (including phenoxy) is 1. The first kappa shape index (κ1) is 14.4. The third kappa shape index (κ3) is 2.76. The largest absolute Gasteiger partial charge is 0.463 e. The number of fused-ring (bicyclic) bond motifs is 1. The molecule has 2 heterocycles. The molecule has 0 saturated carbocycles. The van der Waals surface area contributed by atoms with Gasteiger partial charge in [-0.3, -0.25) is 9.69 Å². The van der Waals surface area contributed by atoms with E-state index >= 15 is 0 Å². The van der Waals surface area contributed by atoms with Crippen molar-refractivity contribution in [1.82, 2.24) is 4.98 Å². The molecule has 108 valence electrons. The number of anilines is 1. The van der Waals surface area contributed by atoms with Crippen LogP contribution in [0.25, 0.3) is 0 Å². The number of nitrogens with zero attached hydrogens (tertiary/aromatic N) is 2. The van der Waals surface area contributed by atoms with Crippen LogP contribution in [0.4, 0.5) is 5.69 Å². The number of aromatic nitrogens is 1. The Hall–Kier alpha value is -1.59. The molecule has 0 unspecified atom stereocenters. The molecule has 1 aliphatic heterocycles. The minimum atomic E-state index is -0.568. The van der Waals surface area contributed by atoms with Gasteiger partial charge in [0.1, 0.15) is 10.3 Å². The van der Waals surface area contributed by atoms with Crippen LogP contribution in [0.1, 0.15) is 12.5 Å². The lowest BCUT2D eigenvalue weighted by Crippen LogP contribution is -2.44. The van der Waals surface area contributed by atoms with E-state index in [1.165, 1.54) is 0 Å². The third-order valence-electron chi connectivity index (χ3n) is 3.26. The Balaban J connectivity index is 2.03. The minimum absolute atomic E-state index is 0.105. The lowest BCUT2D eigenvalue weighted by molar-refractivity contribution is -0.125. The number of hydrogen-bond acceptors (Lipinski definition) is 3. The molecule has 0 saturated heterocycles. The highest BCUT2D eigenvalue weighted by Crippen LogP contribution is 2.38. The predicted molar refractivity (Wildman–Crippen MR) is 84.7 cm³/mol. The minimum Gasteiger partial charge on any atom is -0.463 e. The van der Waals surface area contributed by atoms with Gasteiger partial charge in [0.2, 0.25) is 5.88 Å². The van der Waals surface area contributed by atoms with Gasteiger partial charge in [-0.05, 0) is 34.5 Å². The maximum Gasteiger partial charge on any atom is 0.268 e. The molecule has 6 heteroatoms. The van der Waals surface area contributed by atoms with E-state index in [1.54, 1.807) is 17.9 Å². The molecule has 1 atom stereocenters. The Morgan fingerprint density at radius 1 is 1.38 bits per heavy atom. The van der Waals surface area contributed by atoms with Crippen molar-refractivity contribution in [3.8, 4) is 5.88 Å². The summed E-state index contributed by atoms with van der Waals surface area (Å²) >= 11 is 9.36. The second-order valence-corrected chi connectivity index (χ2v) is 5.91. The van der Waals surface area contributed by atoms with Gasteiger partial charge in [-0.1, -0.05) is 41.9 Å². The van der Waals surface area contributed by atoms with Crippen LogP contribution >= 0.6 is 27.5 Å². The Morgan fingerprint density at radius 2 is 2.10 bits per heavy atom. The molecule has 2 aromatic rings. The third-order valence-corrected chi connectivity index (χ3v) is 4.38. The summed E-state index contributed by atoms with van der Waals surface area (Å²) < 4.78 is 6.06. The highest BCUT2D eigenvalue weighted by molar-refractivity contribution is 9.10. The van der Waals surface area contributed by atoms with E-state index in [-0.39, 0.29) is 5.91 Å². The van der Waals surface area contributed by atoms with Crippen molar-refractivity contribution in [3.63, 3.8) is 0 Å². The van der Waals surface area contributed by atoms with Gasteiger partial charge in [-0.15, -0.1) is 0 Å². The zero-order valence-electron chi connectivity index (χ0n) is 11.2. The molecule has 1 aromatic carbocycles. The molecule has 0 fully saturated rings. The van der Waals surface area contributed by atoms with Crippen LogP contribution in [-0.2, 0) is 11.3 Å². The van der Waals surface area contributed by atoms with Crippen LogP contribution in [0.3, 0.4) is 0 Å². The van der Waals surface area contributed by atoms with Gasteiger partial charge in [0.05, 0.1) is 11.6 Å². The number of hydrogen-bond donors (Lipinski definition) is 0. The van der Waals surface area contributed by atoms with Gasteiger partial charge < -0.3 is 4.74 Å². The molecule has 1 aliphatic rings. The van der Waals surface area contributed by atoms with Gasteiger partial charge >= 0.3 is 0 Å². The highest BCUT2D eigenvalue weighted by Gasteiger charge is 2.33. The molecule has 0 aliphatic carbocycles. The molecule has 0 N–H and O–H groups in total. The Labute approximate surface area is 135 Å². The van der Waals surface area contributed by atoms with Crippen molar-refractivity contribution in [2.24, 2.45) is 0 Å². The van der Waals surface area contributed by atoms with E-state index in [4.69, 9.17) is 16.3 Å². The van der Waals surface area contributed by atoms with Gasteiger partial charge in [0.25, 0.3) is 5.91 Å². The fourth-order valence-electron chi connectivity index (χ4n) is 2.21. The van der Waals surface area contributed by atoms with E-state index in [2.05, 4.69) is 20.9 Å². The number of rotatable bonds is 2. The molecule has 21 heavy (non-hydrogen) atoms. The summed E-state index contributed by atoms with van der Waals surface area (Å²) in [6.45, 7) is 2.17. The second-order valence-electron chi connectivity index (χ2n) is 4.76. The van der Waals surface area contributed by atoms with Gasteiger partial charge in [0.15, 0.2) is 6.10 Å². The Kier molecular flexibility index (Phi) is 3.87. The van der Waals surface area contributed by atoms with Gasteiger partial charge in [-0.25, -0.2) is 4.98 Å². The van der Waals surface area contributed by atoms with Crippen molar-refractivity contribution < 1.29 is 9.53 Å². The van der Waals surface area contributed by atoms with Crippen molar-refractivity contribution in [2.75, 3.05) is 4.90 Å². The average Bonchev–Trinajstić information content (AvgIpc) is 2.47. The molecule has 1 aromatic heterocycles. The second kappa shape index (κ2) is 5.66. The Bertz CT molecular complexity index is 694. The maximum atomic E-state index is 12.4. The van der Waals surface area contributed by atoms with E-state index in [0.717, 1.165) is 5.56 Å². The van der Waals surface area contributed by atoms with E-state index < -0.39 is 6.10 Å². The topological polar surface area (TPSA) is 42.4 Å². The van der Waals surface area contributed by atoms with Gasteiger partial charge in [-0.2, -0.15) is 0 Å². The number of amides is 1. The monoisotopic (exact) mass is 366 g/mol. The molecular weight excluding hydrogens is 356 g/mol. The lowest BCUT2D eigenvalue weighted by atomic mass is 10.1. The highest BCUT2D eigenvalue weighted by atomic mass is 79.9. The van der Waals surface area contributed by atoms with Crippen molar-refractivity contribution in [2.45, 2.75) is 19.6 Å². The molecule has 0 bridgehead atoms. The zero-order chi connectivity index (χ0) is 15.0. The zero-order valence-corrected chi connectivity index (χ0v) is 13.6. The predicted octanol–water partition coefficient (Wildman–Crippen LogP) is 3.81. The lowest BCUT2D eigenvalue weighted by Gasteiger charge is -2.32. The standard InChI is InChI=1S/C15H12BrClN2O2/c1-9-15(20)19(8-10-5-3-2-4-6-10)12-7-11(17)13(16)18-14(12)21-9/h2-7,9H,8H2,1H3/t9-/m1/s1. The van der Waals surface area contributed by atoms with Crippen LogP contribution in [0.2, 0.25) is 5.02 Å². The number of benzene rings is 1. The van der Waals surface area contributed by atoms with Crippen LogP contribution in [0, 0.1) is 0 Å². The first-order valence-corrected chi connectivity index (χ1v) is 7.61. The molecule has 1 amide bonds. The quantitative estimate of drug-likeness (QED) is 0.758. The van der Waals surface area contributed by atoms with E-state index in [9.17, 15) is 4.79 Å². The first-order chi connectivity index (χ1) is 10.1. The van der Waals surface area contributed by atoms with Crippen molar-refractivity contribution >= 4 is 39.1 Å². The summed E-state index contributed by atoms with van der Waals surface area (Å²) in [5.41, 5.74) is 1.63. The summed E-state index contributed by atoms with van der Waals surface area (Å²) in [4.78, 5) is 18.3. The maximum absolute atomic E-state index is 12.4. The summed E-state index contributed by atoms with van der Waals surface area (Å²) in [6, 6.07) is 11.5. The van der Waals surface area contributed by atoms with E-state index in [1.807, 2.05) is 30.3 Å².